The van der Waals surface area contributed by atoms with Crippen LogP contribution in [0.2, 0.25) is 0 Å². The third-order valence-electron chi connectivity index (χ3n) is 0.463. The summed E-state index contributed by atoms with van der Waals surface area (Å²) < 4.78 is 4.53. The van der Waals surface area contributed by atoms with Gasteiger partial charge in [0.2, 0.25) is 0 Å². The standard InChI is InChI=1S/C4H7BO2S/c1-2-7-4(6)8-3-5/h2-3H2,1H3. The second-order valence-corrected chi connectivity index (χ2v) is 1.95. The molecule has 0 saturated heterocycles. The molecular formula is C4H7BO2S. The second-order valence-electron chi connectivity index (χ2n) is 0.994. The molecule has 0 aromatic carbocycles. The number of carbonyl (C=O) groups is 1. The van der Waals surface area contributed by atoms with Crippen LogP contribution in [0.5, 0.6) is 0 Å². The molecule has 0 aliphatic rings. The number of carbonyl (C=O) groups excluding carboxylic acids is 1. The first-order valence-corrected chi connectivity index (χ1v) is 3.29. The normalized spacial score (nSPS) is 8.62. The summed E-state index contributed by atoms with van der Waals surface area (Å²) in [6.07, 6.45) is 0. The molecule has 0 aliphatic heterocycles. The van der Waals surface area contributed by atoms with Crippen molar-refractivity contribution in [1.29, 1.82) is 0 Å². The van der Waals surface area contributed by atoms with E-state index >= 15 is 0 Å². The second kappa shape index (κ2) is 5.03. The Kier molecular flexibility index (Phi) is 4.96. The zero-order valence-corrected chi connectivity index (χ0v) is 5.53. The third-order valence-corrected chi connectivity index (χ3v) is 0.984. The van der Waals surface area contributed by atoms with Crippen LogP contribution < -0.4 is 0 Å². The van der Waals surface area contributed by atoms with Gasteiger partial charge in [0.05, 0.1) is 14.5 Å². The van der Waals surface area contributed by atoms with Crippen molar-refractivity contribution in [3.05, 3.63) is 0 Å². The van der Waals surface area contributed by atoms with Gasteiger partial charge in [-0.2, -0.15) is 0 Å². The van der Waals surface area contributed by atoms with Gasteiger partial charge in [0.25, 0.3) is 0 Å². The molecule has 0 fully saturated rings. The van der Waals surface area contributed by atoms with Crippen molar-refractivity contribution in [3.8, 4) is 0 Å². The minimum Gasteiger partial charge on any atom is -0.458 e. The molecule has 0 aromatic rings. The number of hydrogen-bond acceptors (Lipinski definition) is 3. The fraction of sp³-hybridized carbons (Fsp3) is 0.750. The molecule has 0 bridgehead atoms. The summed E-state index contributed by atoms with van der Waals surface area (Å²) in [5, 5.41) is -0.296. The topological polar surface area (TPSA) is 26.3 Å². The van der Waals surface area contributed by atoms with Crippen molar-refractivity contribution >= 4 is 24.9 Å². The smallest absolute Gasteiger partial charge is 0.366 e. The van der Waals surface area contributed by atoms with E-state index in [9.17, 15) is 4.79 Å². The van der Waals surface area contributed by atoms with Gasteiger partial charge < -0.3 is 4.74 Å². The van der Waals surface area contributed by atoms with E-state index < -0.39 is 0 Å². The molecule has 0 spiro atoms. The van der Waals surface area contributed by atoms with E-state index in [4.69, 9.17) is 7.85 Å². The Labute approximate surface area is 54.4 Å². The molecule has 0 unspecified atom stereocenters. The summed E-state index contributed by atoms with van der Waals surface area (Å²) in [6.45, 7) is 2.18. The van der Waals surface area contributed by atoms with Crippen molar-refractivity contribution in [3.63, 3.8) is 0 Å². The molecule has 0 aromatic heterocycles. The molecule has 0 N–H and O–H groups in total. The predicted octanol–water partition coefficient (Wildman–Crippen LogP) is 1.00. The summed E-state index contributed by atoms with van der Waals surface area (Å²) >= 11 is 0.972. The van der Waals surface area contributed by atoms with Gasteiger partial charge >= 0.3 is 5.30 Å². The van der Waals surface area contributed by atoms with Gasteiger partial charge in [-0.25, -0.2) is 4.79 Å². The van der Waals surface area contributed by atoms with Gasteiger partial charge in [-0.1, -0.05) is 11.8 Å². The highest BCUT2D eigenvalue weighted by atomic mass is 32.2. The molecule has 0 aliphatic carbocycles. The van der Waals surface area contributed by atoms with Crippen LogP contribution in [-0.2, 0) is 4.74 Å². The van der Waals surface area contributed by atoms with E-state index in [0.29, 0.717) is 12.3 Å². The third kappa shape index (κ3) is 4.05. The van der Waals surface area contributed by atoms with Crippen molar-refractivity contribution in [1.82, 2.24) is 0 Å². The maximum Gasteiger partial charge on any atom is 0.366 e. The summed E-state index contributed by atoms with van der Waals surface area (Å²) in [4.78, 5) is 10.3. The fourth-order valence-corrected chi connectivity index (χ4v) is 0.565. The Morgan fingerprint density at radius 2 is 2.50 bits per heavy atom. The highest BCUT2D eigenvalue weighted by Gasteiger charge is 1.96. The maximum atomic E-state index is 10.3. The summed E-state index contributed by atoms with van der Waals surface area (Å²) in [7, 11) is 5.02. The SMILES string of the molecule is [B]CSC(=O)OCC. The van der Waals surface area contributed by atoms with Gasteiger partial charge in [-0.05, 0) is 12.6 Å². The fourth-order valence-electron chi connectivity index (χ4n) is 0.228. The Morgan fingerprint density at radius 1 is 1.88 bits per heavy atom. The Balaban J connectivity index is 3.06. The Bertz CT molecular complexity index is 68.4. The number of ether oxygens (including phenoxy) is 1. The molecule has 0 heterocycles. The van der Waals surface area contributed by atoms with Crippen molar-refractivity contribution in [2.24, 2.45) is 0 Å². The minimum atomic E-state index is -0.296. The zero-order valence-electron chi connectivity index (χ0n) is 4.72. The molecule has 4 heteroatoms. The van der Waals surface area contributed by atoms with Crippen LogP contribution in [0, 0.1) is 0 Å². The maximum absolute atomic E-state index is 10.3. The molecule has 2 radical (unpaired) electrons. The van der Waals surface area contributed by atoms with E-state index in [1.54, 1.807) is 6.92 Å². The van der Waals surface area contributed by atoms with Crippen LogP contribution in [0.25, 0.3) is 0 Å². The lowest BCUT2D eigenvalue weighted by atomic mass is 10.2. The molecule has 44 valence electrons. The van der Waals surface area contributed by atoms with Gasteiger partial charge in [-0.3, -0.25) is 0 Å². The van der Waals surface area contributed by atoms with Crippen molar-refractivity contribution in [2.75, 3.05) is 12.3 Å². The quantitative estimate of drug-likeness (QED) is 0.412. The van der Waals surface area contributed by atoms with E-state index in [-0.39, 0.29) is 5.30 Å². The molecule has 2 nitrogen and oxygen atoms in total. The molecular weight excluding hydrogens is 123 g/mol. The first-order valence-electron chi connectivity index (χ1n) is 2.31. The van der Waals surface area contributed by atoms with Crippen LogP contribution in [0.4, 0.5) is 4.79 Å². The highest BCUT2D eigenvalue weighted by molar-refractivity contribution is 8.14. The van der Waals surface area contributed by atoms with Gasteiger partial charge in [0.15, 0.2) is 0 Å². The molecule has 0 rings (SSSR count). The van der Waals surface area contributed by atoms with Crippen LogP contribution in [-0.4, -0.2) is 25.4 Å². The number of rotatable bonds is 2. The lowest BCUT2D eigenvalue weighted by molar-refractivity contribution is 0.181. The molecule has 8 heavy (non-hydrogen) atoms. The minimum absolute atomic E-state index is 0.291. The zero-order chi connectivity index (χ0) is 6.41. The molecule has 0 saturated carbocycles. The van der Waals surface area contributed by atoms with E-state index in [1.165, 1.54) is 0 Å². The monoisotopic (exact) mass is 130 g/mol. The predicted molar refractivity (Wildman–Crippen MR) is 35.2 cm³/mol. The van der Waals surface area contributed by atoms with E-state index in [0.717, 1.165) is 11.8 Å². The van der Waals surface area contributed by atoms with Crippen molar-refractivity contribution in [2.45, 2.75) is 6.92 Å². The van der Waals surface area contributed by atoms with Gasteiger partial charge in [0, 0.05) is 0 Å². The largest absolute Gasteiger partial charge is 0.458 e. The number of hydrogen-bond donors (Lipinski definition) is 0. The van der Waals surface area contributed by atoms with Crippen LogP contribution in [0.1, 0.15) is 6.92 Å². The number of thioether (sulfide) groups is 1. The van der Waals surface area contributed by atoms with E-state index in [1.807, 2.05) is 0 Å². The lowest BCUT2D eigenvalue weighted by Gasteiger charge is -1.95. The lowest BCUT2D eigenvalue weighted by Crippen LogP contribution is -1.96. The highest BCUT2D eigenvalue weighted by Crippen LogP contribution is 2.00. The van der Waals surface area contributed by atoms with Gasteiger partial charge in [-0.15, -0.1) is 0 Å². The summed E-state index contributed by atoms with van der Waals surface area (Å²) in [5.74, 6) is 0. The Morgan fingerprint density at radius 3 is 2.88 bits per heavy atom. The Hall–Kier alpha value is -0.115. The summed E-state index contributed by atoms with van der Waals surface area (Å²) in [6, 6.07) is 0. The molecule has 0 amide bonds. The average molecular weight is 130 g/mol. The van der Waals surface area contributed by atoms with E-state index in [2.05, 4.69) is 4.74 Å². The average Bonchev–Trinajstić information content (AvgIpc) is 1.68. The van der Waals surface area contributed by atoms with Gasteiger partial charge in [0.1, 0.15) is 0 Å². The van der Waals surface area contributed by atoms with Crippen LogP contribution in [0.15, 0.2) is 0 Å². The van der Waals surface area contributed by atoms with Crippen LogP contribution in [0.3, 0.4) is 0 Å². The first kappa shape index (κ1) is 7.88. The first-order chi connectivity index (χ1) is 3.81. The van der Waals surface area contributed by atoms with Crippen LogP contribution >= 0.6 is 11.8 Å². The molecule has 0 atom stereocenters. The summed E-state index contributed by atoms with van der Waals surface area (Å²) in [5.41, 5.74) is 0.291. The van der Waals surface area contributed by atoms with Crippen molar-refractivity contribution < 1.29 is 9.53 Å².